The van der Waals surface area contributed by atoms with Crippen LogP contribution in [0.1, 0.15) is 25.8 Å². The fraction of sp³-hybridized carbons (Fsp3) is 0.429. The van der Waals surface area contributed by atoms with Gasteiger partial charge in [-0.15, -0.1) is 0 Å². The standard InChI is InChI=1S/C14H19N3O/c1-10(2)8-12(16)14(18)17(3)13-7-5-4-6-11(13)9-15/h4-7,10,12H,8,16H2,1-3H3. The summed E-state index contributed by atoms with van der Waals surface area (Å²) in [6.07, 6.45) is 0.637. The van der Waals surface area contributed by atoms with Gasteiger partial charge in [-0.3, -0.25) is 4.79 Å². The number of rotatable bonds is 4. The SMILES string of the molecule is CC(C)CC(N)C(=O)N(C)c1ccccc1C#N. The maximum Gasteiger partial charge on any atom is 0.243 e. The van der Waals surface area contributed by atoms with Crippen molar-refractivity contribution < 1.29 is 4.79 Å². The molecule has 1 atom stereocenters. The fourth-order valence-electron chi connectivity index (χ4n) is 1.84. The van der Waals surface area contributed by atoms with Crippen LogP contribution in [0.5, 0.6) is 0 Å². The summed E-state index contributed by atoms with van der Waals surface area (Å²) >= 11 is 0. The van der Waals surface area contributed by atoms with Crippen LogP contribution in [0.25, 0.3) is 0 Å². The number of nitriles is 1. The molecule has 1 rings (SSSR count). The molecule has 0 aliphatic rings. The van der Waals surface area contributed by atoms with Crippen LogP contribution in [0, 0.1) is 17.2 Å². The van der Waals surface area contributed by atoms with Crippen LogP contribution in [-0.2, 0) is 4.79 Å². The molecule has 0 fully saturated rings. The van der Waals surface area contributed by atoms with Gasteiger partial charge in [-0.1, -0.05) is 26.0 Å². The van der Waals surface area contributed by atoms with Crippen molar-refractivity contribution in [3.05, 3.63) is 29.8 Å². The molecule has 96 valence electrons. The van der Waals surface area contributed by atoms with Crippen LogP contribution in [0.4, 0.5) is 5.69 Å². The van der Waals surface area contributed by atoms with Gasteiger partial charge >= 0.3 is 0 Å². The Morgan fingerprint density at radius 3 is 2.61 bits per heavy atom. The lowest BCUT2D eigenvalue weighted by atomic mass is 10.0. The molecule has 1 amide bonds. The number of para-hydroxylation sites is 1. The number of hydrogen-bond acceptors (Lipinski definition) is 3. The van der Waals surface area contributed by atoms with Crippen LogP contribution >= 0.6 is 0 Å². The summed E-state index contributed by atoms with van der Waals surface area (Å²) in [7, 11) is 1.65. The van der Waals surface area contributed by atoms with Gasteiger partial charge in [-0.25, -0.2) is 0 Å². The van der Waals surface area contributed by atoms with Gasteiger partial charge in [0.2, 0.25) is 5.91 Å². The molecular weight excluding hydrogens is 226 g/mol. The van der Waals surface area contributed by atoms with Crippen molar-refractivity contribution in [3.63, 3.8) is 0 Å². The monoisotopic (exact) mass is 245 g/mol. The first-order chi connectivity index (χ1) is 8.47. The highest BCUT2D eigenvalue weighted by atomic mass is 16.2. The number of hydrogen-bond donors (Lipinski definition) is 1. The lowest BCUT2D eigenvalue weighted by molar-refractivity contribution is -0.119. The lowest BCUT2D eigenvalue weighted by Crippen LogP contribution is -2.42. The van der Waals surface area contributed by atoms with Gasteiger partial charge in [0.05, 0.1) is 17.3 Å². The number of carbonyl (C=O) groups is 1. The predicted molar refractivity (Wildman–Crippen MR) is 72.0 cm³/mol. The van der Waals surface area contributed by atoms with E-state index < -0.39 is 6.04 Å². The Balaban J connectivity index is 2.90. The lowest BCUT2D eigenvalue weighted by Gasteiger charge is -2.23. The van der Waals surface area contributed by atoms with Crippen LogP contribution in [0.2, 0.25) is 0 Å². The zero-order valence-corrected chi connectivity index (χ0v) is 11.1. The molecule has 0 saturated heterocycles. The third kappa shape index (κ3) is 3.31. The minimum absolute atomic E-state index is 0.161. The van der Waals surface area contributed by atoms with E-state index in [2.05, 4.69) is 6.07 Å². The van der Waals surface area contributed by atoms with Crippen LogP contribution in [0.3, 0.4) is 0 Å². The molecule has 0 aliphatic carbocycles. The molecule has 1 aromatic rings. The molecule has 0 aromatic heterocycles. The van der Waals surface area contributed by atoms with Crippen molar-refractivity contribution in [1.29, 1.82) is 5.26 Å². The smallest absolute Gasteiger partial charge is 0.243 e. The third-order valence-corrected chi connectivity index (χ3v) is 2.76. The minimum atomic E-state index is -0.526. The molecule has 0 aliphatic heterocycles. The van der Waals surface area contributed by atoms with Gasteiger partial charge < -0.3 is 10.6 Å². The second-order valence-electron chi connectivity index (χ2n) is 4.76. The zero-order valence-electron chi connectivity index (χ0n) is 11.1. The Hall–Kier alpha value is -1.86. The first-order valence-corrected chi connectivity index (χ1v) is 5.99. The van der Waals surface area contributed by atoms with Crippen molar-refractivity contribution in [2.45, 2.75) is 26.3 Å². The van der Waals surface area contributed by atoms with E-state index in [1.165, 1.54) is 4.90 Å². The molecule has 4 nitrogen and oxygen atoms in total. The van der Waals surface area contributed by atoms with Crippen LogP contribution < -0.4 is 10.6 Å². The highest BCUT2D eigenvalue weighted by Crippen LogP contribution is 2.19. The van der Waals surface area contributed by atoms with E-state index in [9.17, 15) is 4.79 Å². The van der Waals surface area contributed by atoms with Gasteiger partial charge in [-0.2, -0.15) is 5.26 Å². The first kappa shape index (κ1) is 14.2. The van der Waals surface area contributed by atoms with Gasteiger partial charge in [0, 0.05) is 7.05 Å². The maximum absolute atomic E-state index is 12.1. The van der Waals surface area contributed by atoms with Crippen LogP contribution in [-0.4, -0.2) is 19.0 Å². The van der Waals surface area contributed by atoms with Gasteiger partial charge in [0.25, 0.3) is 0 Å². The molecule has 1 unspecified atom stereocenters. The summed E-state index contributed by atoms with van der Waals surface area (Å²) < 4.78 is 0. The van der Waals surface area contributed by atoms with Gasteiger partial charge in [0.15, 0.2) is 0 Å². The zero-order chi connectivity index (χ0) is 13.7. The van der Waals surface area contributed by atoms with E-state index in [-0.39, 0.29) is 5.91 Å². The van der Waals surface area contributed by atoms with Crippen molar-refractivity contribution in [2.75, 3.05) is 11.9 Å². The number of benzene rings is 1. The van der Waals surface area contributed by atoms with E-state index in [0.717, 1.165) is 0 Å². The summed E-state index contributed by atoms with van der Waals surface area (Å²) in [6, 6.07) is 8.56. The topological polar surface area (TPSA) is 70.1 Å². The number of nitrogens with zero attached hydrogens (tertiary/aromatic N) is 2. The summed E-state index contributed by atoms with van der Waals surface area (Å²) in [5.74, 6) is 0.204. The molecule has 4 heteroatoms. The molecule has 0 saturated carbocycles. The third-order valence-electron chi connectivity index (χ3n) is 2.76. The highest BCUT2D eigenvalue weighted by Gasteiger charge is 2.21. The Labute approximate surface area is 108 Å². The quantitative estimate of drug-likeness (QED) is 0.880. The summed E-state index contributed by atoms with van der Waals surface area (Å²) in [6.45, 7) is 4.05. The van der Waals surface area contributed by atoms with Gasteiger partial charge in [-0.05, 0) is 24.5 Å². The minimum Gasteiger partial charge on any atom is -0.320 e. The van der Waals surface area contributed by atoms with E-state index in [1.807, 2.05) is 13.8 Å². The van der Waals surface area contributed by atoms with E-state index >= 15 is 0 Å². The number of nitrogens with two attached hydrogens (primary N) is 1. The Bertz CT molecular complexity index is 462. The van der Waals surface area contributed by atoms with Crippen molar-refractivity contribution in [1.82, 2.24) is 0 Å². The van der Waals surface area contributed by atoms with Gasteiger partial charge in [0.1, 0.15) is 6.07 Å². The highest BCUT2D eigenvalue weighted by molar-refractivity contribution is 5.97. The van der Waals surface area contributed by atoms with Crippen molar-refractivity contribution in [2.24, 2.45) is 11.7 Å². The summed E-state index contributed by atoms with van der Waals surface area (Å²) in [4.78, 5) is 13.6. The number of carbonyl (C=O) groups excluding carboxylic acids is 1. The summed E-state index contributed by atoms with van der Waals surface area (Å²) in [5.41, 5.74) is 6.95. The molecule has 0 spiro atoms. The fourth-order valence-corrected chi connectivity index (χ4v) is 1.84. The second-order valence-corrected chi connectivity index (χ2v) is 4.76. The maximum atomic E-state index is 12.1. The largest absolute Gasteiger partial charge is 0.320 e. The molecule has 0 radical (unpaired) electrons. The first-order valence-electron chi connectivity index (χ1n) is 5.99. The van der Waals surface area contributed by atoms with E-state index in [0.29, 0.717) is 23.6 Å². The predicted octanol–water partition coefficient (Wildman–Crippen LogP) is 1.89. The van der Waals surface area contributed by atoms with Crippen molar-refractivity contribution in [3.8, 4) is 6.07 Å². The molecule has 0 bridgehead atoms. The average Bonchev–Trinajstić information content (AvgIpc) is 2.36. The molecule has 2 N–H and O–H groups in total. The van der Waals surface area contributed by atoms with Crippen LogP contribution in [0.15, 0.2) is 24.3 Å². The normalized spacial score (nSPS) is 12.0. The Kier molecular flexibility index (Phi) is 4.87. The number of amides is 1. The second kappa shape index (κ2) is 6.18. The van der Waals surface area contributed by atoms with E-state index in [1.54, 1.807) is 31.3 Å². The average molecular weight is 245 g/mol. The van der Waals surface area contributed by atoms with Crippen molar-refractivity contribution >= 4 is 11.6 Å². The Morgan fingerprint density at radius 1 is 1.44 bits per heavy atom. The molecular formula is C14H19N3O. The molecule has 18 heavy (non-hydrogen) atoms. The Morgan fingerprint density at radius 2 is 2.06 bits per heavy atom. The summed E-state index contributed by atoms with van der Waals surface area (Å²) in [5, 5.41) is 9.01. The number of anilines is 1. The number of likely N-dealkylation sites (N-methyl/N-ethyl adjacent to an activating group) is 1. The molecule has 0 heterocycles. The molecule has 1 aromatic carbocycles. The van der Waals surface area contributed by atoms with E-state index in [4.69, 9.17) is 11.0 Å².